The number of nitrogens with zero attached hydrogens (tertiary/aromatic N) is 1. The van der Waals surface area contributed by atoms with Gasteiger partial charge in [0.15, 0.2) is 0 Å². The van der Waals surface area contributed by atoms with E-state index in [1.165, 1.54) is 54.1 Å². The van der Waals surface area contributed by atoms with Crippen molar-refractivity contribution >= 4 is 11.3 Å². The summed E-state index contributed by atoms with van der Waals surface area (Å²) in [5.74, 6) is 0.759. The van der Waals surface area contributed by atoms with Crippen LogP contribution in [-0.4, -0.2) is 12.0 Å². The Hall–Kier alpha value is -0.410. The molecule has 0 saturated heterocycles. The van der Waals surface area contributed by atoms with Crippen molar-refractivity contribution in [3.8, 4) is 0 Å². The second-order valence-corrected chi connectivity index (χ2v) is 6.15. The molecule has 1 N–H and O–H groups in total. The SMILES string of the molecule is CCCc1nc(C2CCCCC2)sc1CNC. The van der Waals surface area contributed by atoms with Gasteiger partial charge < -0.3 is 5.32 Å². The molecule has 1 fully saturated rings. The van der Waals surface area contributed by atoms with Gasteiger partial charge in [-0.05, 0) is 26.3 Å². The molecule has 1 saturated carbocycles. The zero-order valence-corrected chi connectivity index (χ0v) is 11.9. The van der Waals surface area contributed by atoms with Crippen LogP contribution in [0.15, 0.2) is 0 Å². The fourth-order valence-electron chi connectivity index (χ4n) is 2.66. The van der Waals surface area contributed by atoms with Crippen molar-refractivity contribution in [3.63, 3.8) is 0 Å². The van der Waals surface area contributed by atoms with Gasteiger partial charge in [-0.3, -0.25) is 0 Å². The number of aryl methyl sites for hydroxylation is 1. The van der Waals surface area contributed by atoms with E-state index in [4.69, 9.17) is 4.98 Å². The average molecular weight is 252 g/mol. The van der Waals surface area contributed by atoms with Crippen LogP contribution in [0.3, 0.4) is 0 Å². The van der Waals surface area contributed by atoms with Gasteiger partial charge in [0, 0.05) is 17.3 Å². The molecule has 0 spiro atoms. The maximum atomic E-state index is 4.92. The quantitative estimate of drug-likeness (QED) is 0.860. The molecule has 0 atom stereocenters. The minimum atomic E-state index is 0.759. The van der Waals surface area contributed by atoms with Crippen LogP contribution in [0.4, 0.5) is 0 Å². The highest BCUT2D eigenvalue weighted by Crippen LogP contribution is 2.36. The zero-order valence-electron chi connectivity index (χ0n) is 11.1. The fraction of sp³-hybridized carbons (Fsp3) is 0.786. The van der Waals surface area contributed by atoms with E-state index in [1.54, 1.807) is 0 Å². The second-order valence-electron chi connectivity index (χ2n) is 5.04. The van der Waals surface area contributed by atoms with Crippen LogP contribution in [0.25, 0.3) is 0 Å². The van der Waals surface area contributed by atoms with Gasteiger partial charge in [-0.2, -0.15) is 0 Å². The van der Waals surface area contributed by atoms with E-state index in [0.717, 1.165) is 18.9 Å². The normalized spacial score (nSPS) is 17.5. The predicted octanol–water partition coefficient (Wildman–Crippen LogP) is 3.86. The molecule has 0 amide bonds. The van der Waals surface area contributed by atoms with Gasteiger partial charge in [0.2, 0.25) is 0 Å². The minimum absolute atomic E-state index is 0.759. The predicted molar refractivity (Wildman–Crippen MR) is 74.7 cm³/mol. The Labute approximate surface area is 109 Å². The number of aromatic nitrogens is 1. The van der Waals surface area contributed by atoms with E-state index >= 15 is 0 Å². The van der Waals surface area contributed by atoms with Gasteiger partial charge in [0.05, 0.1) is 10.7 Å². The Morgan fingerprint density at radius 2 is 2.06 bits per heavy atom. The Morgan fingerprint density at radius 3 is 2.71 bits per heavy atom. The lowest BCUT2D eigenvalue weighted by Gasteiger charge is -2.18. The minimum Gasteiger partial charge on any atom is -0.315 e. The van der Waals surface area contributed by atoms with Gasteiger partial charge in [-0.15, -0.1) is 11.3 Å². The average Bonchev–Trinajstić information content (AvgIpc) is 2.75. The summed E-state index contributed by atoms with van der Waals surface area (Å²) in [4.78, 5) is 6.39. The lowest BCUT2D eigenvalue weighted by Crippen LogP contribution is -2.05. The molecular formula is C14H24N2S. The molecular weight excluding hydrogens is 228 g/mol. The number of nitrogens with one attached hydrogen (secondary N) is 1. The van der Waals surface area contributed by atoms with Gasteiger partial charge >= 0.3 is 0 Å². The van der Waals surface area contributed by atoms with Crippen LogP contribution < -0.4 is 5.32 Å². The van der Waals surface area contributed by atoms with Crippen LogP contribution in [-0.2, 0) is 13.0 Å². The number of hydrogen-bond acceptors (Lipinski definition) is 3. The Bertz CT molecular complexity index is 316. The summed E-state index contributed by atoms with van der Waals surface area (Å²) >= 11 is 1.96. The van der Waals surface area contributed by atoms with Gasteiger partial charge in [-0.1, -0.05) is 32.6 Å². The Kier molecular flexibility index (Phi) is 4.99. The molecule has 2 rings (SSSR count). The van der Waals surface area contributed by atoms with Gasteiger partial charge in [0.1, 0.15) is 0 Å². The number of rotatable bonds is 5. The van der Waals surface area contributed by atoms with E-state index in [2.05, 4.69) is 12.2 Å². The molecule has 3 heteroatoms. The summed E-state index contributed by atoms with van der Waals surface area (Å²) in [6.07, 6.45) is 9.28. The van der Waals surface area contributed by atoms with Crippen LogP contribution in [0.1, 0.15) is 66.9 Å². The van der Waals surface area contributed by atoms with Crippen molar-refractivity contribution in [2.45, 2.75) is 64.3 Å². The van der Waals surface area contributed by atoms with E-state index < -0.39 is 0 Å². The monoisotopic (exact) mass is 252 g/mol. The molecule has 0 aliphatic heterocycles. The third-order valence-electron chi connectivity index (χ3n) is 3.57. The molecule has 17 heavy (non-hydrogen) atoms. The lowest BCUT2D eigenvalue weighted by atomic mass is 9.90. The van der Waals surface area contributed by atoms with Crippen LogP contribution in [0, 0.1) is 0 Å². The summed E-state index contributed by atoms with van der Waals surface area (Å²) in [6, 6.07) is 0. The molecule has 96 valence electrons. The molecule has 1 aliphatic rings. The van der Waals surface area contributed by atoms with Crippen LogP contribution >= 0.6 is 11.3 Å². The molecule has 0 aromatic carbocycles. The summed E-state index contributed by atoms with van der Waals surface area (Å²) in [5.41, 5.74) is 1.35. The molecule has 0 radical (unpaired) electrons. The van der Waals surface area contributed by atoms with Crippen molar-refractivity contribution in [1.82, 2.24) is 10.3 Å². The standard InChI is InChI=1S/C14H24N2S/c1-3-7-12-13(10-15-2)17-14(16-12)11-8-5-4-6-9-11/h11,15H,3-10H2,1-2H3. The van der Waals surface area contributed by atoms with Crippen molar-refractivity contribution in [3.05, 3.63) is 15.6 Å². The first kappa shape index (κ1) is 13.0. The first-order valence-corrected chi connectivity index (χ1v) is 7.79. The largest absolute Gasteiger partial charge is 0.315 e. The van der Waals surface area contributed by atoms with E-state index in [9.17, 15) is 0 Å². The van der Waals surface area contributed by atoms with Crippen molar-refractivity contribution in [2.75, 3.05) is 7.05 Å². The Balaban J connectivity index is 2.13. The highest BCUT2D eigenvalue weighted by Gasteiger charge is 2.20. The van der Waals surface area contributed by atoms with E-state index in [0.29, 0.717) is 0 Å². The molecule has 0 bridgehead atoms. The first-order chi connectivity index (χ1) is 8.35. The van der Waals surface area contributed by atoms with Crippen molar-refractivity contribution in [2.24, 2.45) is 0 Å². The highest BCUT2D eigenvalue weighted by atomic mass is 32.1. The maximum absolute atomic E-state index is 4.92. The zero-order chi connectivity index (χ0) is 12.1. The number of hydrogen-bond donors (Lipinski definition) is 1. The smallest absolute Gasteiger partial charge is 0.0962 e. The maximum Gasteiger partial charge on any atom is 0.0962 e. The lowest BCUT2D eigenvalue weighted by molar-refractivity contribution is 0.442. The molecule has 1 aromatic heterocycles. The summed E-state index contributed by atoms with van der Waals surface area (Å²) in [5, 5.41) is 4.68. The molecule has 1 aliphatic carbocycles. The van der Waals surface area contributed by atoms with Crippen molar-refractivity contribution < 1.29 is 0 Å². The molecule has 2 nitrogen and oxygen atoms in total. The van der Waals surface area contributed by atoms with Crippen LogP contribution in [0.2, 0.25) is 0 Å². The summed E-state index contributed by atoms with van der Waals surface area (Å²) in [6.45, 7) is 3.22. The highest BCUT2D eigenvalue weighted by molar-refractivity contribution is 7.11. The van der Waals surface area contributed by atoms with Gasteiger partial charge in [0.25, 0.3) is 0 Å². The third-order valence-corrected chi connectivity index (χ3v) is 4.83. The first-order valence-electron chi connectivity index (χ1n) is 6.98. The van der Waals surface area contributed by atoms with Crippen molar-refractivity contribution in [1.29, 1.82) is 0 Å². The molecule has 1 heterocycles. The summed E-state index contributed by atoms with van der Waals surface area (Å²) < 4.78 is 0. The number of thiazole rings is 1. The fourth-order valence-corrected chi connectivity index (χ4v) is 3.95. The van der Waals surface area contributed by atoms with E-state index in [-0.39, 0.29) is 0 Å². The third kappa shape index (κ3) is 3.29. The second kappa shape index (κ2) is 6.50. The summed E-state index contributed by atoms with van der Waals surface area (Å²) in [7, 11) is 2.02. The molecule has 0 unspecified atom stereocenters. The van der Waals surface area contributed by atoms with E-state index in [1.807, 2.05) is 18.4 Å². The Morgan fingerprint density at radius 1 is 1.29 bits per heavy atom. The van der Waals surface area contributed by atoms with Crippen LogP contribution in [0.5, 0.6) is 0 Å². The molecule has 1 aromatic rings. The topological polar surface area (TPSA) is 24.9 Å². The van der Waals surface area contributed by atoms with Gasteiger partial charge in [-0.25, -0.2) is 4.98 Å².